The average molecular weight is 175 g/mol. The molecule has 1 nitrogen and oxygen atoms in total. The van der Waals surface area contributed by atoms with Gasteiger partial charge in [0.1, 0.15) is 0 Å². The predicted octanol–water partition coefficient (Wildman–Crippen LogP) is 1.80. The molecule has 0 aromatic rings. The molecule has 1 saturated heterocycles. The lowest BCUT2D eigenvalue weighted by atomic mass is 10.3. The highest BCUT2D eigenvalue weighted by atomic mass is 35.5. The minimum absolute atomic E-state index is 0.258. The van der Waals surface area contributed by atoms with Crippen LogP contribution in [0.25, 0.3) is 0 Å². The molecule has 1 heterocycles. The third-order valence-electron chi connectivity index (χ3n) is 1.02. The first kappa shape index (κ1) is 6.94. The molecule has 8 heavy (non-hydrogen) atoms. The van der Waals surface area contributed by atoms with Gasteiger partial charge in [0, 0.05) is 0 Å². The Labute approximate surface area is 62.9 Å². The summed E-state index contributed by atoms with van der Waals surface area (Å²) in [5.41, 5.74) is 0. The SMILES string of the molecule is ClC1COCC1(Cl)Cl. The maximum atomic E-state index is 5.63. The van der Waals surface area contributed by atoms with Gasteiger partial charge in [-0.1, -0.05) is 23.2 Å². The lowest BCUT2D eigenvalue weighted by Crippen LogP contribution is -2.23. The van der Waals surface area contributed by atoms with Crippen LogP contribution in [0.3, 0.4) is 0 Å². The summed E-state index contributed by atoms with van der Waals surface area (Å²) in [7, 11) is 0. The van der Waals surface area contributed by atoms with Crippen molar-refractivity contribution in [3.05, 3.63) is 0 Å². The van der Waals surface area contributed by atoms with Crippen LogP contribution in [0, 0.1) is 0 Å². The fourth-order valence-corrected chi connectivity index (χ4v) is 0.943. The van der Waals surface area contributed by atoms with Crippen LogP contribution in [-0.2, 0) is 4.74 Å². The topological polar surface area (TPSA) is 9.23 Å². The zero-order valence-corrected chi connectivity index (χ0v) is 6.30. The monoisotopic (exact) mass is 174 g/mol. The van der Waals surface area contributed by atoms with Crippen LogP contribution in [0.1, 0.15) is 0 Å². The molecule has 0 aromatic carbocycles. The molecular formula is C4H5Cl3O. The summed E-state index contributed by atoms with van der Waals surface area (Å²) in [4.78, 5) is 0. The normalized spacial score (nSPS) is 35.6. The second kappa shape index (κ2) is 2.22. The van der Waals surface area contributed by atoms with E-state index in [9.17, 15) is 0 Å². The zero-order valence-electron chi connectivity index (χ0n) is 4.03. The summed E-state index contributed by atoms with van der Waals surface area (Å²) in [5.74, 6) is 0. The van der Waals surface area contributed by atoms with E-state index in [0.29, 0.717) is 13.2 Å². The van der Waals surface area contributed by atoms with Crippen LogP contribution < -0.4 is 0 Å². The Morgan fingerprint density at radius 3 is 2.25 bits per heavy atom. The van der Waals surface area contributed by atoms with Crippen molar-refractivity contribution >= 4 is 34.8 Å². The van der Waals surface area contributed by atoms with Crippen molar-refractivity contribution in [2.45, 2.75) is 9.71 Å². The van der Waals surface area contributed by atoms with Crippen LogP contribution in [-0.4, -0.2) is 22.9 Å². The number of ether oxygens (including phenoxy) is 1. The lowest BCUT2D eigenvalue weighted by Gasteiger charge is -2.11. The van der Waals surface area contributed by atoms with Crippen LogP contribution in [0.2, 0.25) is 0 Å². The molecule has 0 bridgehead atoms. The Morgan fingerprint density at radius 2 is 2.12 bits per heavy atom. The van der Waals surface area contributed by atoms with Gasteiger partial charge in [-0.2, -0.15) is 0 Å². The Kier molecular flexibility index (Phi) is 1.93. The molecule has 1 unspecified atom stereocenters. The summed E-state index contributed by atoms with van der Waals surface area (Å²) in [6.45, 7) is 0.791. The first-order valence-corrected chi connectivity index (χ1v) is 3.42. The predicted molar refractivity (Wildman–Crippen MR) is 34.9 cm³/mol. The van der Waals surface area contributed by atoms with Gasteiger partial charge >= 0.3 is 0 Å². The van der Waals surface area contributed by atoms with Gasteiger partial charge < -0.3 is 4.74 Å². The van der Waals surface area contributed by atoms with Gasteiger partial charge in [0.2, 0.25) is 0 Å². The Balaban J connectivity index is 2.54. The Bertz CT molecular complexity index is 93.3. The van der Waals surface area contributed by atoms with E-state index in [0.717, 1.165) is 0 Å². The minimum atomic E-state index is -0.860. The molecule has 1 aliphatic rings. The summed E-state index contributed by atoms with van der Waals surface area (Å²) < 4.78 is 4.02. The van der Waals surface area contributed by atoms with E-state index in [4.69, 9.17) is 39.5 Å². The highest BCUT2D eigenvalue weighted by molar-refractivity contribution is 6.52. The van der Waals surface area contributed by atoms with Crippen LogP contribution in [0.15, 0.2) is 0 Å². The molecule has 0 amide bonds. The fraction of sp³-hybridized carbons (Fsp3) is 1.00. The second-order valence-electron chi connectivity index (χ2n) is 1.74. The summed E-state index contributed by atoms with van der Waals surface area (Å²) in [5, 5.41) is -0.258. The summed E-state index contributed by atoms with van der Waals surface area (Å²) in [6.07, 6.45) is 0. The van der Waals surface area contributed by atoms with Gasteiger partial charge in [-0.3, -0.25) is 0 Å². The average Bonchev–Trinajstić information content (AvgIpc) is 1.86. The minimum Gasteiger partial charge on any atom is -0.377 e. The van der Waals surface area contributed by atoms with Crippen molar-refractivity contribution in [3.8, 4) is 0 Å². The van der Waals surface area contributed by atoms with E-state index in [1.54, 1.807) is 0 Å². The van der Waals surface area contributed by atoms with Crippen molar-refractivity contribution in [2.24, 2.45) is 0 Å². The standard InChI is InChI=1S/C4H5Cl3O/c5-3-1-8-2-4(3,6)7/h3H,1-2H2. The number of hydrogen-bond acceptors (Lipinski definition) is 1. The molecule has 1 atom stereocenters. The van der Waals surface area contributed by atoms with Crippen molar-refractivity contribution in [1.82, 2.24) is 0 Å². The summed E-state index contributed by atoms with van der Waals surface area (Å²) in [6, 6.07) is 0. The third-order valence-corrected chi connectivity index (χ3v) is 2.48. The lowest BCUT2D eigenvalue weighted by molar-refractivity contribution is 0.197. The number of rotatable bonds is 0. The van der Waals surface area contributed by atoms with Gasteiger partial charge in [0.15, 0.2) is 4.33 Å². The van der Waals surface area contributed by atoms with Crippen LogP contribution in [0.4, 0.5) is 0 Å². The molecule has 0 N–H and O–H groups in total. The zero-order chi connectivity index (χ0) is 6.20. The molecule has 48 valence electrons. The molecule has 0 spiro atoms. The van der Waals surface area contributed by atoms with Gasteiger partial charge in [0.05, 0.1) is 18.6 Å². The van der Waals surface area contributed by atoms with Gasteiger partial charge in [-0.25, -0.2) is 0 Å². The Hall–Kier alpha value is 0.830. The van der Waals surface area contributed by atoms with E-state index in [2.05, 4.69) is 0 Å². The van der Waals surface area contributed by atoms with Crippen molar-refractivity contribution in [1.29, 1.82) is 0 Å². The molecule has 0 aliphatic carbocycles. The second-order valence-corrected chi connectivity index (χ2v) is 3.81. The molecule has 1 fully saturated rings. The van der Waals surface area contributed by atoms with E-state index in [1.165, 1.54) is 0 Å². The van der Waals surface area contributed by atoms with Crippen LogP contribution >= 0.6 is 34.8 Å². The number of alkyl halides is 3. The Morgan fingerprint density at radius 1 is 1.50 bits per heavy atom. The number of halogens is 3. The molecule has 0 radical (unpaired) electrons. The quantitative estimate of drug-likeness (QED) is 0.510. The molecule has 4 heteroatoms. The number of hydrogen-bond donors (Lipinski definition) is 0. The van der Waals surface area contributed by atoms with Crippen molar-refractivity contribution in [2.75, 3.05) is 13.2 Å². The van der Waals surface area contributed by atoms with E-state index in [-0.39, 0.29) is 5.38 Å². The maximum Gasteiger partial charge on any atom is 0.159 e. The molecule has 1 rings (SSSR count). The summed E-state index contributed by atoms with van der Waals surface area (Å²) >= 11 is 16.9. The highest BCUT2D eigenvalue weighted by Gasteiger charge is 2.39. The fourth-order valence-electron chi connectivity index (χ4n) is 0.511. The molecule has 0 aromatic heterocycles. The smallest absolute Gasteiger partial charge is 0.159 e. The first-order valence-electron chi connectivity index (χ1n) is 2.22. The van der Waals surface area contributed by atoms with Crippen molar-refractivity contribution in [3.63, 3.8) is 0 Å². The van der Waals surface area contributed by atoms with E-state index in [1.807, 2.05) is 0 Å². The molecule has 0 saturated carbocycles. The maximum absolute atomic E-state index is 5.63. The van der Waals surface area contributed by atoms with Crippen LogP contribution in [0.5, 0.6) is 0 Å². The van der Waals surface area contributed by atoms with E-state index < -0.39 is 4.33 Å². The first-order chi connectivity index (χ1) is 3.63. The largest absolute Gasteiger partial charge is 0.377 e. The van der Waals surface area contributed by atoms with Gasteiger partial charge in [-0.05, 0) is 0 Å². The molecule has 1 aliphatic heterocycles. The van der Waals surface area contributed by atoms with E-state index >= 15 is 0 Å². The van der Waals surface area contributed by atoms with Gasteiger partial charge in [-0.15, -0.1) is 11.6 Å². The van der Waals surface area contributed by atoms with Gasteiger partial charge in [0.25, 0.3) is 0 Å². The van der Waals surface area contributed by atoms with Crippen molar-refractivity contribution < 1.29 is 4.74 Å². The highest BCUT2D eigenvalue weighted by Crippen LogP contribution is 2.34. The molecular weight excluding hydrogens is 170 g/mol. The third kappa shape index (κ3) is 1.21.